The third-order valence-corrected chi connectivity index (χ3v) is 4.30. The predicted molar refractivity (Wildman–Crippen MR) is 65.0 cm³/mol. The zero-order chi connectivity index (χ0) is 13.1. The van der Waals surface area contributed by atoms with Gasteiger partial charge in [0.05, 0.1) is 0 Å². The maximum atomic E-state index is 12.1. The van der Waals surface area contributed by atoms with Crippen molar-refractivity contribution in [3.8, 4) is 0 Å². The Morgan fingerprint density at radius 3 is 2.67 bits per heavy atom. The first kappa shape index (κ1) is 13.3. The Morgan fingerprint density at radius 2 is 2.17 bits per heavy atom. The first-order chi connectivity index (χ1) is 8.61. The molecule has 0 spiro atoms. The van der Waals surface area contributed by atoms with E-state index in [9.17, 15) is 9.59 Å². The van der Waals surface area contributed by atoms with Gasteiger partial charge in [-0.25, -0.2) is 4.79 Å². The number of carbonyl (C=O) groups is 2. The van der Waals surface area contributed by atoms with E-state index in [4.69, 9.17) is 9.84 Å². The smallest absolute Gasteiger partial charge is 0.326 e. The van der Waals surface area contributed by atoms with Gasteiger partial charge in [-0.2, -0.15) is 0 Å². The van der Waals surface area contributed by atoms with Gasteiger partial charge in [-0.15, -0.1) is 0 Å². The Kier molecular flexibility index (Phi) is 4.22. The highest BCUT2D eigenvalue weighted by Gasteiger charge is 2.43. The van der Waals surface area contributed by atoms with Crippen molar-refractivity contribution >= 4 is 11.9 Å². The second-order valence-corrected chi connectivity index (χ2v) is 5.46. The fourth-order valence-corrected chi connectivity index (χ4v) is 3.34. The van der Waals surface area contributed by atoms with Crippen LogP contribution in [-0.4, -0.2) is 36.7 Å². The van der Waals surface area contributed by atoms with E-state index in [0.717, 1.165) is 19.3 Å². The van der Waals surface area contributed by atoms with E-state index >= 15 is 0 Å². The van der Waals surface area contributed by atoms with Crippen molar-refractivity contribution in [3.63, 3.8) is 0 Å². The van der Waals surface area contributed by atoms with Crippen LogP contribution < -0.4 is 5.32 Å². The van der Waals surface area contributed by atoms with Crippen LogP contribution in [0.4, 0.5) is 0 Å². The third kappa shape index (κ3) is 2.83. The molecular formula is C13H21NO4. The maximum absolute atomic E-state index is 12.1. The van der Waals surface area contributed by atoms with Gasteiger partial charge in [0.15, 0.2) is 0 Å². The maximum Gasteiger partial charge on any atom is 0.326 e. The van der Waals surface area contributed by atoms with Crippen LogP contribution in [0.1, 0.15) is 32.1 Å². The first-order valence-electron chi connectivity index (χ1n) is 6.64. The van der Waals surface area contributed by atoms with Crippen LogP contribution in [0.5, 0.6) is 0 Å². The lowest BCUT2D eigenvalue weighted by Gasteiger charge is -2.23. The molecule has 2 saturated carbocycles. The van der Waals surface area contributed by atoms with Crippen molar-refractivity contribution in [2.45, 2.75) is 38.1 Å². The SMILES string of the molecule is COCCC(NC(=O)C1CC2CCC1C2)C(=O)O. The molecule has 0 aliphatic heterocycles. The molecule has 2 N–H and O–H groups in total. The topological polar surface area (TPSA) is 75.6 Å². The fraction of sp³-hybridized carbons (Fsp3) is 0.846. The van der Waals surface area contributed by atoms with Crippen LogP contribution in [0.2, 0.25) is 0 Å². The zero-order valence-corrected chi connectivity index (χ0v) is 10.7. The van der Waals surface area contributed by atoms with Gasteiger partial charge in [-0.1, -0.05) is 6.42 Å². The van der Waals surface area contributed by atoms with Gasteiger partial charge in [0.1, 0.15) is 6.04 Å². The number of hydrogen-bond acceptors (Lipinski definition) is 3. The van der Waals surface area contributed by atoms with Crippen LogP contribution in [0.15, 0.2) is 0 Å². The highest BCUT2D eigenvalue weighted by Crippen LogP contribution is 2.48. The molecule has 0 aromatic carbocycles. The monoisotopic (exact) mass is 255 g/mol. The number of carboxylic acid groups (broad SMARTS) is 1. The second kappa shape index (κ2) is 5.69. The van der Waals surface area contributed by atoms with Crippen molar-refractivity contribution in [2.75, 3.05) is 13.7 Å². The number of hydrogen-bond donors (Lipinski definition) is 2. The van der Waals surface area contributed by atoms with Crippen molar-refractivity contribution in [1.29, 1.82) is 0 Å². The lowest BCUT2D eigenvalue weighted by atomic mass is 9.88. The Hall–Kier alpha value is -1.10. The summed E-state index contributed by atoms with van der Waals surface area (Å²) >= 11 is 0. The van der Waals surface area contributed by atoms with Crippen molar-refractivity contribution in [3.05, 3.63) is 0 Å². The van der Waals surface area contributed by atoms with E-state index in [1.807, 2.05) is 0 Å². The molecule has 5 nitrogen and oxygen atoms in total. The number of rotatable bonds is 6. The van der Waals surface area contributed by atoms with Crippen molar-refractivity contribution in [1.82, 2.24) is 5.32 Å². The van der Waals surface area contributed by atoms with Gasteiger partial charge in [-0.05, 0) is 31.1 Å². The summed E-state index contributed by atoms with van der Waals surface area (Å²) < 4.78 is 4.86. The quantitative estimate of drug-likeness (QED) is 0.743. The molecule has 0 aromatic rings. The number of amides is 1. The third-order valence-electron chi connectivity index (χ3n) is 4.30. The summed E-state index contributed by atoms with van der Waals surface area (Å²) in [4.78, 5) is 23.1. The molecule has 5 heteroatoms. The lowest BCUT2D eigenvalue weighted by molar-refractivity contribution is -0.143. The van der Waals surface area contributed by atoms with Gasteiger partial charge >= 0.3 is 5.97 Å². The van der Waals surface area contributed by atoms with Gasteiger partial charge in [0, 0.05) is 26.1 Å². The largest absolute Gasteiger partial charge is 0.480 e. The van der Waals surface area contributed by atoms with Gasteiger partial charge in [0.2, 0.25) is 5.91 Å². The molecule has 2 aliphatic carbocycles. The zero-order valence-electron chi connectivity index (χ0n) is 10.7. The molecule has 4 unspecified atom stereocenters. The highest BCUT2D eigenvalue weighted by atomic mass is 16.5. The van der Waals surface area contributed by atoms with Crippen molar-refractivity contribution < 1.29 is 19.4 Å². The highest BCUT2D eigenvalue weighted by molar-refractivity contribution is 5.85. The van der Waals surface area contributed by atoms with Crippen LogP contribution in [0.3, 0.4) is 0 Å². The van der Waals surface area contributed by atoms with E-state index in [2.05, 4.69) is 5.32 Å². The van der Waals surface area contributed by atoms with Crippen LogP contribution in [-0.2, 0) is 14.3 Å². The van der Waals surface area contributed by atoms with Gasteiger partial charge < -0.3 is 15.2 Å². The molecule has 0 aromatic heterocycles. The summed E-state index contributed by atoms with van der Waals surface area (Å²) in [5.41, 5.74) is 0. The van der Waals surface area contributed by atoms with Crippen LogP contribution >= 0.6 is 0 Å². The van der Waals surface area contributed by atoms with Gasteiger partial charge in [-0.3, -0.25) is 4.79 Å². The van der Waals surface area contributed by atoms with Crippen LogP contribution in [0, 0.1) is 17.8 Å². The minimum absolute atomic E-state index is 0.0353. The van der Waals surface area contributed by atoms with Crippen molar-refractivity contribution in [2.24, 2.45) is 17.8 Å². The van der Waals surface area contributed by atoms with E-state index in [0.29, 0.717) is 24.9 Å². The van der Waals surface area contributed by atoms with E-state index in [1.165, 1.54) is 13.5 Å². The molecule has 0 heterocycles. The number of carboxylic acids is 1. The summed E-state index contributed by atoms with van der Waals surface area (Å²) in [7, 11) is 1.52. The second-order valence-electron chi connectivity index (χ2n) is 5.46. The number of nitrogens with one attached hydrogen (secondary N) is 1. The summed E-state index contributed by atoms with van der Waals surface area (Å²) in [6, 6.07) is -0.823. The summed E-state index contributed by atoms with van der Waals surface area (Å²) in [5, 5.41) is 11.7. The first-order valence-corrected chi connectivity index (χ1v) is 6.64. The molecule has 2 fully saturated rings. The van der Waals surface area contributed by atoms with E-state index in [-0.39, 0.29) is 11.8 Å². The number of methoxy groups -OCH3 is 1. The fourth-order valence-electron chi connectivity index (χ4n) is 3.34. The number of aliphatic carboxylic acids is 1. The molecule has 18 heavy (non-hydrogen) atoms. The lowest BCUT2D eigenvalue weighted by Crippen LogP contribution is -2.45. The molecule has 4 atom stereocenters. The molecule has 0 radical (unpaired) electrons. The Bertz CT molecular complexity index is 331. The molecule has 0 saturated heterocycles. The molecule has 102 valence electrons. The molecular weight excluding hydrogens is 234 g/mol. The summed E-state index contributed by atoms with van der Waals surface area (Å²) in [5.74, 6) is 0.141. The summed E-state index contributed by atoms with van der Waals surface area (Å²) in [6.45, 7) is 0.341. The molecule has 2 aliphatic rings. The van der Waals surface area contributed by atoms with E-state index < -0.39 is 12.0 Å². The average molecular weight is 255 g/mol. The molecule has 1 amide bonds. The summed E-state index contributed by atoms with van der Waals surface area (Å²) in [6.07, 6.45) is 4.76. The standard InChI is InChI=1S/C13H21NO4/c1-18-5-4-11(13(16)17)14-12(15)10-7-8-2-3-9(10)6-8/h8-11H,2-7H2,1H3,(H,14,15)(H,16,17). The molecule has 2 bridgehead atoms. The predicted octanol–water partition coefficient (Wildman–Crippen LogP) is 1.03. The Balaban J connectivity index is 1.86. The Labute approximate surface area is 107 Å². The normalized spacial score (nSPS) is 31.3. The minimum atomic E-state index is -0.983. The average Bonchev–Trinajstić information content (AvgIpc) is 2.95. The Morgan fingerprint density at radius 1 is 1.39 bits per heavy atom. The number of fused-ring (bicyclic) bond motifs is 2. The minimum Gasteiger partial charge on any atom is -0.480 e. The van der Waals surface area contributed by atoms with E-state index in [1.54, 1.807) is 0 Å². The number of carbonyl (C=O) groups excluding carboxylic acids is 1. The van der Waals surface area contributed by atoms with Crippen LogP contribution in [0.25, 0.3) is 0 Å². The molecule has 2 rings (SSSR count). The van der Waals surface area contributed by atoms with Gasteiger partial charge in [0.25, 0.3) is 0 Å². The number of ether oxygens (including phenoxy) is 1.